The molecule has 0 N–H and O–H groups in total. The minimum absolute atomic E-state index is 0.611. The molecule has 0 saturated heterocycles. The Labute approximate surface area is 116 Å². The minimum Gasteiger partial charge on any atom is -0.369 e. The number of nitrogens with zero attached hydrogens (tertiary/aromatic N) is 1. The van der Waals surface area contributed by atoms with Crippen LogP contribution in [0.15, 0.2) is 18.2 Å². The predicted octanol–water partition coefficient (Wildman–Crippen LogP) is 4.89. The maximum absolute atomic E-state index is 6.12. The molecule has 1 fully saturated rings. The molecule has 0 aliphatic heterocycles. The quantitative estimate of drug-likeness (QED) is 0.701. The molecule has 100 valence electrons. The molecule has 18 heavy (non-hydrogen) atoms. The van der Waals surface area contributed by atoms with E-state index < -0.39 is 0 Å². The number of halogens is 1. The van der Waals surface area contributed by atoms with Crippen molar-refractivity contribution >= 4 is 17.3 Å². The number of alkyl halides is 1. The lowest BCUT2D eigenvalue weighted by Crippen LogP contribution is -2.37. The Morgan fingerprint density at radius 1 is 1.22 bits per heavy atom. The number of anilines is 1. The molecule has 0 aromatic heterocycles. The van der Waals surface area contributed by atoms with Gasteiger partial charge in [-0.15, -0.1) is 11.6 Å². The molecule has 0 spiro atoms. The van der Waals surface area contributed by atoms with Crippen molar-refractivity contribution in [2.45, 2.75) is 57.9 Å². The summed E-state index contributed by atoms with van der Waals surface area (Å²) in [4.78, 5) is 2.57. The second-order valence-corrected chi connectivity index (χ2v) is 5.61. The standard InChI is InChI=1S/C16H24ClN/c1-3-18(15-7-5-4-6-8-15)16-10-9-13(2)11-14(16)12-17/h9-11,15H,3-8,12H2,1-2H3. The van der Waals surface area contributed by atoms with Gasteiger partial charge in [-0.3, -0.25) is 0 Å². The average molecular weight is 266 g/mol. The van der Waals surface area contributed by atoms with Gasteiger partial charge >= 0.3 is 0 Å². The van der Waals surface area contributed by atoms with Gasteiger partial charge in [0.15, 0.2) is 0 Å². The highest BCUT2D eigenvalue weighted by atomic mass is 35.5. The van der Waals surface area contributed by atoms with Gasteiger partial charge in [0.1, 0.15) is 0 Å². The molecule has 1 aromatic rings. The summed E-state index contributed by atoms with van der Waals surface area (Å²) in [6, 6.07) is 7.41. The van der Waals surface area contributed by atoms with Crippen LogP contribution in [0.25, 0.3) is 0 Å². The first-order valence-electron chi connectivity index (χ1n) is 7.18. The van der Waals surface area contributed by atoms with Crippen LogP contribution in [-0.2, 0) is 5.88 Å². The normalized spacial score (nSPS) is 16.8. The van der Waals surface area contributed by atoms with Crippen molar-refractivity contribution in [2.24, 2.45) is 0 Å². The molecule has 1 aliphatic rings. The van der Waals surface area contributed by atoms with Gasteiger partial charge in [0, 0.05) is 24.2 Å². The van der Waals surface area contributed by atoms with Crippen LogP contribution in [0.5, 0.6) is 0 Å². The lowest BCUT2D eigenvalue weighted by Gasteiger charge is -2.36. The minimum atomic E-state index is 0.611. The fraction of sp³-hybridized carbons (Fsp3) is 0.625. The summed E-state index contributed by atoms with van der Waals surface area (Å²) in [5, 5.41) is 0. The van der Waals surface area contributed by atoms with Gasteiger partial charge in [-0.25, -0.2) is 0 Å². The number of hydrogen-bond donors (Lipinski definition) is 0. The zero-order chi connectivity index (χ0) is 13.0. The molecule has 1 saturated carbocycles. The first-order chi connectivity index (χ1) is 8.76. The van der Waals surface area contributed by atoms with Crippen molar-refractivity contribution in [3.8, 4) is 0 Å². The summed E-state index contributed by atoms with van der Waals surface area (Å²) in [5.74, 6) is 0.611. The number of rotatable bonds is 4. The van der Waals surface area contributed by atoms with E-state index in [1.807, 2.05) is 0 Å². The smallest absolute Gasteiger partial charge is 0.0494 e. The van der Waals surface area contributed by atoms with Crippen LogP contribution < -0.4 is 4.90 Å². The lowest BCUT2D eigenvalue weighted by molar-refractivity contribution is 0.418. The SMILES string of the molecule is CCN(c1ccc(C)cc1CCl)C1CCCCC1. The Kier molecular flexibility index (Phi) is 4.94. The summed E-state index contributed by atoms with van der Waals surface area (Å²) < 4.78 is 0. The molecule has 1 aromatic carbocycles. The molecule has 2 heteroatoms. The number of benzene rings is 1. The summed E-state index contributed by atoms with van der Waals surface area (Å²) in [7, 11) is 0. The maximum Gasteiger partial charge on any atom is 0.0494 e. The highest BCUT2D eigenvalue weighted by molar-refractivity contribution is 6.17. The molecule has 0 unspecified atom stereocenters. The van der Waals surface area contributed by atoms with Crippen molar-refractivity contribution in [1.29, 1.82) is 0 Å². The van der Waals surface area contributed by atoms with E-state index in [4.69, 9.17) is 11.6 Å². The van der Waals surface area contributed by atoms with E-state index >= 15 is 0 Å². The van der Waals surface area contributed by atoms with Gasteiger partial charge in [-0.05, 0) is 38.3 Å². The van der Waals surface area contributed by atoms with Gasteiger partial charge in [0.05, 0.1) is 0 Å². The van der Waals surface area contributed by atoms with Crippen molar-refractivity contribution in [2.75, 3.05) is 11.4 Å². The Morgan fingerprint density at radius 2 is 1.94 bits per heavy atom. The third kappa shape index (κ3) is 3.00. The maximum atomic E-state index is 6.12. The Hall–Kier alpha value is -0.690. The molecule has 1 nitrogen and oxygen atoms in total. The van der Waals surface area contributed by atoms with E-state index in [1.165, 1.54) is 48.9 Å². The molecule has 0 bridgehead atoms. The summed E-state index contributed by atoms with van der Waals surface area (Å²) in [5.41, 5.74) is 3.93. The Bertz CT molecular complexity index is 383. The molecule has 0 atom stereocenters. The third-order valence-corrected chi connectivity index (χ3v) is 4.33. The zero-order valence-electron chi connectivity index (χ0n) is 11.6. The highest BCUT2D eigenvalue weighted by Crippen LogP contribution is 2.30. The molecule has 2 rings (SSSR count). The van der Waals surface area contributed by atoms with Gasteiger partial charge < -0.3 is 4.90 Å². The lowest BCUT2D eigenvalue weighted by atomic mass is 9.93. The largest absolute Gasteiger partial charge is 0.369 e. The van der Waals surface area contributed by atoms with E-state index in [0.29, 0.717) is 11.9 Å². The van der Waals surface area contributed by atoms with Crippen molar-refractivity contribution < 1.29 is 0 Å². The van der Waals surface area contributed by atoms with Crippen LogP contribution >= 0.6 is 11.6 Å². The molecule has 0 heterocycles. The van der Waals surface area contributed by atoms with E-state index in [0.717, 1.165) is 6.54 Å². The van der Waals surface area contributed by atoms with E-state index in [-0.39, 0.29) is 0 Å². The van der Waals surface area contributed by atoms with E-state index in [9.17, 15) is 0 Å². The van der Waals surface area contributed by atoms with Gasteiger partial charge in [0.25, 0.3) is 0 Å². The van der Waals surface area contributed by atoms with E-state index in [2.05, 4.69) is 36.9 Å². The molecule has 0 amide bonds. The van der Waals surface area contributed by atoms with Gasteiger partial charge in [-0.1, -0.05) is 37.0 Å². The van der Waals surface area contributed by atoms with Crippen molar-refractivity contribution in [3.05, 3.63) is 29.3 Å². The highest BCUT2D eigenvalue weighted by Gasteiger charge is 2.21. The fourth-order valence-electron chi connectivity index (χ4n) is 3.12. The molecular formula is C16H24ClN. The third-order valence-electron chi connectivity index (χ3n) is 4.04. The molecule has 1 aliphatic carbocycles. The second kappa shape index (κ2) is 6.47. The first-order valence-corrected chi connectivity index (χ1v) is 7.72. The monoisotopic (exact) mass is 265 g/mol. The summed E-state index contributed by atoms with van der Waals surface area (Å²) in [6.45, 7) is 5.47. The molecular weight excluding hydrogens is 242 g/mol. The van der Waals surface area contributed by atoms with Crippen LogP contribution in [0, 0.1) is 6.92 Å². The van der Waals surface area contributed by atoms with Crippen molar-refractivity contribution in [3.63, 3.8) is 0 Å². The Balaban J connectivity index is 2.25. The average Bonchev–Trinajstić information content (AvgIpc) is 2.42. The fourth-order valence-corrected chi connectivity index (χ4v) is 3.33. The second-order valence-electron chi connectivity index (χ2n) is 5.34. The number of hydrogen-bond acceptors (Lipinski definition) is 1. The predicted molar refractivity (Wildman–Crippen MR) is 80.6 cm³/mol. The van der Waals surface area contributed by atoms with Crippen LogP contribution in [0.4, 0.5) is 5.69 Å². The summed E-state index contributed by atoms with van der Waals surface area (Å²) in [6.07, 6.45) is 6.84. The van der Waals surface area contributed by atoms with Gasteiger partial charge in [-0.2, -0.15) is 0 Å². The number of aryl methyl sites for hydroxylation is 1. The van der Waals surface area contributed by atoms with Crippen LogP contribution in [0.1, 0.15) is 50.2 Å². The Morgan fingerprint density at radius 3 is 2.56 bits per heavy atom. The van der Waals surface area contributed by atoms with E-state index in [1.54, 1.807) is 0 Å². The van der Waals surface area contributed by atoms with Crippen molar-refractivity contribution in [1.82, 2.24) is 0 Å². The molecule has 0 radical (unpaired) electrons. The first kappa shape index (κ1) is 13.7. The van der Waals surface area contributed by atoms with Crippen LogP contribution in [0.2, 0.25) is 0 Å². The van der Waals surface area contributed by atoms with Gasteiger partial charge in [0.2, 0.25) is 0 Å². The summed E-state index contributed by atoms with van der Waals surface area (Å²) >= 11 is 6.12. The zero-order valence-corrected chi connectivity index (χ0v) is 12.3. The van der Waals surface area contributed by atoms with Crippen LogP contribution in [-0.4, -0.2) is 12.6 Å². The topological polar surface area (TPSA) is 3.24 Å². The van der Waals surface area contributed by atoms with Crippen LogP contribution in [0.3, 0.4) is 0 Å².